The molecule has 0 amide bonds. The summed E-state index contributed by atoms with van der Waals surface area (Å²) in [6.45, 7) is 2.65. The predicted molar refractivity (Wildman–Crippen MR) is 63.7 cm³/mol. The SMILES string of the molecule is CC(CCNc1nccnc1Cl)S(C)=O. The Hall–Kier alpha value is -0.680. The first kappa shape index (κ1) is 12.4. The van der Waals surface area contributed by atoms with Crippen LogP contribution >= 0.6 is 11.6 Å². The number of rotatable bonds is 5. The normalized spacial score (nSPS) is 14.6. The van der Waals surface area contributed by atoms with Crippen molar-refractivity contribution in [1.29, 1.82) is 0 Å². The van der Waals surface area contributed by atoms with Gasteiger partial charge in [-0.3, -0.25) is 4.21 Å². The molecule has 2 unspecified atom stereocenters. The van der Waals surface area contributed by atoms with Gasteiger partial charge >= 0.3 is 0 Å². The van der Waals surface area contributed by atoms with Crippen molar-refractivity contribution in [2.75, 3.05) is 18.1 Å². The first-order chi connectivity index (χ1) is 7.11. The molecule has 1 heterocycles. The van der Waals surface area contributed by atoms with E-state index >= 15 is 0 Å². The molecule has 0 aliphatic carbocycles. The highest BCUT2D eigenvalue weighted by Crippen LogP contribution is 2.14. The zero-order valence-electron chi connectivity index (χ0n) is 8.74. The number of halogens is 1. The van der Waals surface area contributed by atoms with Gasteiger partial charge in [-0.05, 0) is 6.42 Å². The van der Waals surface area contributed by atoms with Crippen molar-refractivity contribution < 1.29 is 4.21 Å². The third-order valence-electron chi connectivity index (χ3n) is 2.06. The third-order valence-corrected chi connectivity index (χ3v) is 3.71. The lowest BCUT2D eigenvalue weighted by atomic mass is 10.3. The van der Waals surface area contributed by atoms with Crippen molar-refractivity contribution in [3.05, 3.63) is 17.5 Å². The second-order valence-corrected chi connectivity index (χ2v) is 5.38. The van der Waals surface area contributed by atoms with Crippen LogP contribution in [0.3, 0.4) is 0 Å². The van der Waals surface area contributed by atoms with Crippen LogP contribution in [-0.2, 0) is 10.8 Å². The van der Waals surface area contributed by atoms with Gasteiger partial charge in [0.05, 0.1) is 0 Å². The molecule has 0 bridgehead atoms. The lowest BCUT2D eigenvalue weighted by Crippen LogP contribution is -2.15. The molecule has 0 aliphatic rings. The molecule has 1 rings (SSSR count). The van der Waals surface area contributed by atoms with Gasteiger partial charge < -0.3 is 5.32 Å². The van der Waals surface area contributed by atoms with E-state index in [4.69, 9.17) is 11.6 Å². The highest BCUT2D eigenvalue weighted by Gasteiger charge is 2.06. The summed E-state index contributed by atoms with van der Waals surface area (Å²) in [6, 6.07) is 0. The second-order valence-electron chi connectivity index (χ2n) is 3.22. The summed E-state index contributed by atoms with van der Waals surface area (Å²) in [5.41, 5.74) is 0. The molecule has 0 saturated heterocycles. The summed E-state index contributed by atoms with van der Waals surface area (Å²) in [5, 5.41) is 3.60. The number of hydrogen-bond acceptors (Lipinski definition) is 4. The molecule has 1 aromatic heterocycles. The van der Waals surface area contributed by atoms with E-state index < -0.39 is 10.8 Å². The fourth-order valence-electron chi connectivity index (χ4n) is 0.999. The maximum absolute atomic E-state index is 11.1. The Morgan fingerprint density at radius 1 is 1.53 bits per heavy atom. The predicted octanol–water partition coefficient (Wildman–Crippen LogP) is 1.70. The maximum atomic E-state index is 11.1. The van der Waals surface area contributed by atoms with E-state index in [-0.39, 0.29) is 5.25 Å². The quantitative estimate of drug-likeness (QED) is 0.861. The van der Waals surface area contributed by atoms with Crippen LogP contribution in [0.4, 0.5) is 5.82 Å². The fraction of sp³-hybridized carbons (Fsp3) is 0.556. The smallest absolute Gasteiger partial charge is 0.171 e. The molecule has 1 aromatic rings. The number of nitrogens with zero attached hydrogens (tertiary/aromatic N) is 2. The van der Waals surface area contributed by atoms with Gasteiger partial charge in [0.15, 0.2) is 11.0 Å². The van der Waals surface area contributed by atoms with Crippen LogP contribution in [0.15, 0.2) is 12.4 Å². The first-order valence-electron chi connectivity index (χ1n) is 4.64. The van der Waals surface area contributed by atoms with E-state index in [1.54, 1.807) is 12.5 Å². The molecular weight excluding hydrogens is 234 g/mol. The summed E-state index contributed by atoms with van der Waals surface area (Å²) in [6.07, 6.45) is 5.64. The zero-order valence-corrected chi connectivity index (χ0v) is 10.3. The highest BCUT2D eigenvalue weighted by atomic mass is 35.5. The molecule has 15 heavy (non-hydrogen) atoms. The van der Waals surface area contributed by atoms with Crippen molar-refractivity contribution >= 4 is 28.2 Å². The molecule has 0 fully saturated rings. The molecule has 0 aliphatic heterocycles. The Labute approximate surface area is 96.9 Å². The summed E-state index contributed by atoms with van der Waals surface area (Å²) in [4.78, 5) is 7.93. The Morgan fingerprint density at radius 2 is 2.20 bits per heavy atom. The van der Waals surface area contributed by atoms with Crippen LogP contribution in [0.1, 0.15) is 13.3 Å². The van der Waals surface area contributed by atoms with Crippen molar-refractivity contribution in [3.8, 4) is 0 Å². The topological polar surface area (TPSA) is 54.9 Å². The van der Waals surface area contributed by atoms with Gasteiger partial charge in [0.2, 0.25) is 0 Å². The van der Waals surface area contributed by atoms with E-state index in [1.165, 1.54) is 6.20 Å². The van der Waals surface area contributed by atoms with Gasteiger partial charge in [0.25, 0.3) is 0 Å². The Bertz CT molecular complexity index is 348. The molecule has 0 aromatic carbocycles. The fourth-order valence-corrected chi connectivity index (χ4v) is 1.62. The lowest BCUT2D eigenvalue weighted by Gasteiger charge is -2.09. The number of nitrogens with one attached hydrogen (secondary N) is 1. The highest BCUT2D eigenvalue weighted by molar-refractivity contribution is 7.84. The minimum absolute atomic E-state index is 0.174. The number of hydrogen-bond donors (Lipinski definition) is 1. The van der Waals surface area contributed by atoms with Gasteiger partial charge in [0.1, 0.15) is 0 Å². The van der Waals surface area contributed by atoms with E-state index in [9.17, 15) is 4.21 Å². The molecule has 0 saturated carbocycles. The van der Waals surface area contributed by atoms with Crippen LogP contribution in [-0.4, -0.2) is 32.2 Å². The maximum Gasteiger partial charge on any atom is 0.171 e. The average molecular weight is 248 g/mol. The molecule has 1 N–H and O–H groups in total. The number of anilines is 1. The summed E-state index contributed by atoms with van der Waals surface area (Å²) < 4.78 is 11.1. The largest absolute Gasteiger partial charge is 0.367 e. The minimum Gasteiger partial charge on any atom is -0.367 e. The third kappa shape index (κ3) is 4.13. The standard InChI is InChI=1S/C9H14ClN3OS/c1-7(15(2)14)3-4-12-9-8(10)11-5-6-13-9/h5-7H,3-4H2,1-2H3,(H,12,13). The van der Waals surface area contributed by atoms with Crippen LogP contribution < -0.4 is 5.32 Å². The van der Waals surface area contributed by atoms with Crippen molar-refractivity contribution in [2.24, 2.45) is 0 Å². The van der Waals surface area contributed by atoms with Gasteiger partial charge in [-0.15, -0.1) is 0 Å². The van der Waals surface area contributed by atoms with E-state index in [0.717, 1.165) is 6.42 Å². The molecule has 6 heteroatoms. The second kappa shape index (κ2) is 6.02. The Morgan fingerprint density at radius 3 is 2.80 bits per heavy atom. The molecule has 0 spiro atoms. The molecular formula is C9H14ClN3OS. The minimum atomic E-state index is -0.783. The summed E-state index contributed by atoms with van der Waals surface area (Å²) >= 11 is 5.81. The Kier molecular flexibility index (Phi) is 4.98. The lowest BCUT2D eigenvalue weighted by molar-refractivity contribution is 0.672. The van der Waals surface area contributed by atoms with Crippen molar-refractivity contribution in [2.45, 2.75) is 18.6 Å². The summed E-state index contributed by atoms with van der Waals surface area (Å²) in [7, 11) is -0.783. The average Bonchev–Trinajstić information content (AvgIpc) is 2.20. The first-order valence-corrected chi connectivity index (χ1v) is 6.63. The molecule has 4 nitrogen and oxygen atoms in total. The van der Waals surface area contributed by atoms with Gasteiger partial charge in [-0.2, -0.15) is 0 Å². The van der Waals surface area contributed by atoms with Crippen molar-refractivity contribution in [1.82, 2.24) is 9.97 Å². The summed E-state index contributed by atoms with van der Waals surface area (Å²) in [5.74, 6) is 0.577. The van der Waals surface area contributed by atoms with Crippen LogP contribution in [0, 0.1) is 0 Å². The van der Waals surface area contributed by atoms with Crippen LogP contribution in [0.25, 0.3) is 0 Å². The van der Waals surface area contributed by atoms with Gasteiger partial charge in [0, 0.05) is 41.2 Å². The molecule has 0 radical (unpaired) electrons. The van der Waals surface area contributed by atoms with E-state index in [1.807, 2.05) is 6.92 Å². The van der Waals surface area contributed by atoms with Crippen LogP contribution in [0.5, 0.6) is 0 Å². The van der Waals surface area contributed by atoms with E-state index in [0.29, 0.717) is 17.5 Å². The van der Waals surface area contributed by atoms with Gasteiger partial charge in [-0.25, -0.2) is 9.97 Å². The van der Waals surface area contributed by atoms with E-state index in [2.05, 4.69) is 15.3 Å². The van der Waals surface area contributed by atoms with Crippen LogP contribution in [0.2, 0.25) is 5.15 Å². The zero-order chi connectivity index (χ0) is 11.3. The van der Waals surface area contributed by atoms with Crippen molar-refractivity contribution in [3.63, 3.8) is 0 Å². The molecule has 84 valence electrons. The molecule has 2 atom stereocenters. The van der Waals surface area contributed by atoms with Gasteiger partial charge in [-0.1, -0.05) is 18.5 Å². The monoisotopic (exact) mass is 247 g/mol. The Balaban J connectivity index is 2.38. The number of aromatic nitrogens is 2.